The fourth-order valence-electron chi connectivity index (χ4n) is 4.61. The van der Waals surface area contributed by atoms with Crippen LogP contribution in [-0.4, -0.2) is 68.3 Å². The van der Waals surface area contributed by atoms with Gasteiger partial charge < -0.3 is 15.0 Å². The first kappa shape index (κ1) is 24.8. The molecule has 1 fully saturated rings. The summed E-state index contributed by atoms with van der Waals surface area (Å²) in [5.74, 6) is -5.37. The van der Waals surface area contributed by atoms with Gasteiger partial charge in [-0.15, -0.1) is 0 Å². The first-order valence-electron chi connectivity index (χ1n) is 11.0. The number of carbonyl (C=O) groups is 3. The minimum atomic E-state index is -3.50. The number of likely N-dealkylation sites (tertiary alicyclic amines) is 1. The van der Waals surface area contributed by atoms with Crippen LogP contribution < -0.4 is 5.32 Å². The van der Waals surface area contributed by atoms with Crippen molar-refractivity contribution >= 4 is 27.6 Å². The molecule has 2 atom stereocenters. The molecule has 0 aromatic heterocycles. The van der Waals surface area contributed by atoms with Gasteiger partial charge >= 0.3 is 5.97 Å². The summed E-state index contributed by atoms with van der Waals surface area (Å²) in [5.41, 5.74) is 0.318. The summed E-state index contributed by atoms with van der Waals surface area (Å²) in [6.07, 6.45) is -0.0824. The first-order valence-corrected chi connectivity index (χ1v) is 12.7. The third kappa shape index (κ3) is 4.29. The molecule has 1 saturated heterocycles. The summed E-state index contributed by atoms with van der Waals surface area (Å²) >= 11 is 0. The monoisotopic (exact) mass is 506 g/mol. The number of sulfone groups is 1. The minimum Gasteiger partial charge on any atom is -0.467 e. The Balaban J connectivity index is 1.49. The van der Waals surface area contributed by atoms with Crippen LogP contribution in [0, 0.1) is 0 Å². The number of alkyl halides is 2. The molecule has 8 nitrogen and oxygen atoms in total. The Labute approximate surface area is 201 Å². The topological polar surface area (TPSA) is 110 Å². The van der Waals surface area contributed by atoms with Crippen LogP contribution in [-0.2, 0) is 30.1 Å². The van der Waals surface area contributed by atoms with Crippen LogP contribution in [0.15, 0.2) is 42.5 Å². The molecular weight excluding hydrogens is 482 g/mol. The quantitative estimate of drug-likeness (QED) is 0.601. The largest absolute Gasteiger partial charge is 0.467 e. The lowest BCUT2D eigenvalue weighted by Crippen LogP contribution is -2.46. The zero-order chi connectivity index (χ0) is 25.5. The molecule has 1 aliphatic carbocycles. The lowest BCUT2D eigenvalue weighted by atomic mass is 10.0. The SMILES string of the molecule is CCS(=O)(=O)[C@@H]1C[C@@H](C(=O)OC)N(C(=O)CNC(=O)c2ccc3c(c2)-c2ccccc2C3(F)F)C1. The van der Waals surface area contributed by atoms with Gasteiger partial charge in [0.25, 0.3) is 11.8 Å². The summed E-state index contributed by atoms with van der Waals surface area (Å²) in [6.45, 7) is 0.794. The Morgan fingerprint density at radius 3 is 2.49 bits per heavy atom. The molecule has 35 heavy (non-hydrogen) atoms. The lowest BCUT2D eigenvalue weighted by molar-refractivity contribution is -0.150. The number of esters is 1. The Hall–Kier alpha value is -3.34. The van der Waals surface area contributed by atoms with Crippen molar-refractivity contribution in [2.45, 2.75) is 30.6 Å². The zero-order valence-corrected chi connectivity index (χ0v) is 19.9. The van der Waals surface area contributed by atoms with Gasteiger partial charge in [-0.1, -0.05) is 37.3 Å². The summed E-state index contributed by atoms with van der Waals surface area (Å²) in [6, 6.07) is 8.79. The highest BCUT2D eigenvalue weighted by Crippen LogP contribution is 2.50. The average Bonchev–Trinajstić information content (AvgIpc) is 3.41. The number of nitrogens with one attached hydrogen (secondary N) is 1. The Kier molecular flexibility index (Phi) is 6.39. The summed E-state index contributed by atoms with van der Waals surface area (Å²) in [4.78, 5) is 38.8. The number of halogens is 2. The van der Waals surface area contributed by atoms with Crippen molar-refractivity contribution in [1.29, 1.82) is 0 Å². The molecule has 2 amide bonds. The molecule has 1 N–H and O–H groups in total. The predicted octanol–water partition coefficient (Wildman–Crippen LogP) is 2.11. The number of hydrogen-bond acceptors (Lipinski definition) is 6. The number of hydrogen-bond donors (Lipinski definition) is 1. The zero-order valence-electron chi connectivity index (χ0n) is 19.1. The molecule has 1 heterocycles. The van der Waals surface area contributed by atoms with Crippen LogP contribution in [0.3, 0.4) is 0 Å². The highest BCUT2D eigenvalue weighted by Gasteiger charge is 2.45. The van der Waals surface area contributed by atoms with E-state index in [9.17, 15) is 31.6 Å². The number of fused-ring (bicyclic) bond motifs is 3. The van der Waals surface area contributed by atoms with Gasteiger partial charge in [0.15, 0.2) is 9.84 Å². The Morgan fingerprint density at radius 2 is 1.80 bits per heavy atom. The molecule has 0 bridgehead atoms. The third-order valence-corrected chi connectivity index (χ3v) is 8.70. The second kappa shape index (κ2) is 9.03. The van der Waals surface area contributed by atoms with E-state index in [1.54, 1.807) is 12.1 Å². The number of amides is 2. The van der Waals surface area contributed by atoms with Gasteiger partial charge in [0.1, 0.15) is 6.04 Å². The van der Waals surface area contributed by atoms with Gasteiger partial charge in [0, 0.05) is 29.0 Å². The molecule has 0 unspecified atom stereocenters. The molecule has 4 rings (SSSR count). The van der Waals surface area contributed by atoms with Crippen LogP contribution in [0.5, 0.6) is 0 Å². The van der Waals surface area contributed by atoms with Crippen LogP contribution in [0.25, 0.3) is 11.1 Å². The summed E-state index contributed by atoms with van der Waals surface area (Å²) in [5, 5.41) is 1.53. The normalized spacial score (nSPS) is 20.2. The molecular formula is C24H24F2N2O6S. The molecule has 0 radical (unpaired) electrons. The maximum atomic E-state index is 14.7. The molecule has 11 heteroatoms. The fourth-order valence-corrected chi connectivity index (χ4v) is 5.94. The molecule has 1 aliphatic heterocycles. The van der Waals surface area contributed by atoms with Crippen molar-refractivity contribution in [1.82, 2.24) is 10.2 Å². The Bertz CT molecular complexity index is 1310. The van der Waals surface area contributed by atoms with E-state index in [1.165, 1.54) is 37.3 Å². The molecule has 0 saturated carbocycles. The molecule has 0 spiro atoms. The van der Waals surface area contributed by atoms with E-state index in [2.05, 4.69) is 5.32 Å². The maximum absolute atomic E-state index is 14.7. The van der Waals surface area contributed by atoms with Gasteiger partial charge in [-0.3, -0.25) is 9.59 Å². The standard InChI is InChI=1S/C24H24F2N2O6S/c1-3-35(32,33)15-11-20(23(31)34-2)28(13-15)21(29)12-27-22(30)14-8-9-19-17(10-14)16-6-4-5-7-18(16)24(19,25)26/h4-10,15,20H,3,11-13H2,1-2H3,(H,27,30)/t15-,20+/m1/s1. The highest BCUT2D eigenvalue weighted by atomic mass is 32.2. The second-order valence-electron chi connectivity index (χ2n) is 8.46. The van der Waals surface area contributed by atoms with Crippen molar-refractivity contribution in [2.75, 3.05) is 26.0 Å². The Morgan fingerprint density at radius 1 is 1.11 bits per heavy atom. The van der Waals surface area contributed by atoms with Crippen molar-refractivity contribution in [3.63, 3.8) is 0 Å². The van der Waals surface area contributed by atoms with E-state index in [4.69, 9.17) is 4.74 Å². The number of methoxy groups -OCH3 is 1. The smallest absolute Gasteiger partial charge is 0.328 e. The van der Waals surface area contributed by atoms with Gasteiger partial charge in [-0.25, -0.2) is 13.2 Å². The van der Waals surface area contributed by atoms with E-state index in [0.717, 1.165) is 12.0 Å². The number of carbonyl (C=O) groups excluding carboxylic acids is 3. The minimum absolute atomic E-state index is 0.0824. The van der Waals surface area contributed by atoms with Crippen molar-refractivity contribution in [3.8, 4) is 11.1 Å². The van der Waals surface area contributed by atoms with Crippen LogP contribution in [0.2, 0.25) is 0 Å². The fraction of sp³-hybridized carbons (Fsp3) is 0.375. The van der Waals surface area contributed by atoms with E-state index in [0.29, 0.717) is 5.56 Å². The molecule has 186 valence electrons. The van der Waals surface area contributed by atoms with Crippen LogP contribution in [0.1, 0.15) is 34.8 Å². The number of benzene rings is 2. The van der Waals surface area contributed by atoms with E-state index in [-0.39, 0.29) is 41.0 Å². The molecule has 2 aliphatic rings. The summed E-state index contributed by atoms with van der Waals surface area (Å²) in [7, 11) is -2.36. The predicted molar refractivity (Wildman–Crippen MR) is 123 cm³/mol. The first-order chi connectivity index (χ1) is 16.5. The second-order valence-corrected chi connectivity index (χ2v) is 11.0. The summed E-state index contributed by atoms with van der Waals surface area (Å²) < 4.78 is 58.8. The highest BCUT2D eigenvalue weighted by molar-refractivity contribution is 7.92. The number of nitrogens with zero attached hydrogens (tertiary/aromatic N) is 1. The lowest BCUT2D eigenvalue weighted by Gasteiger charge is -2.22. The number of rotatable bonds is 6. The maximum Gasteiger partial charge on any atom is 0.328 e. The average molecular weight is 507 g/mol. The number of ether oxygens (including phenoxy) is 1. The van der Waals surface area contributed by atoms with E-state index >= 15 is 0 Å². The molecule has 2 aromatic carbocycles. The van der Waals surface area contributed by atoms with Crippen LogP contribution >= 0.6 is 0 Å². The van der Waals surface area contributed by atoms with Crippen molar-refractivity contribution in [3.05, 3.63) is 59.2 Å². The van der Waals surface area contributed by atoms with Gasteiger partial charge in [-0.2, -0.15) is 8.78 Å². The van der Waals surface area contributed by atoms with E-state index in [1.807, 2.05) is 0 Å². The van der Waals surface area contributed by atoms with E-state index < -0.39 is 51.4 Å². The molecule has 2 aromatic rings. The van der Waals surface area contributed by atoms with Crippen molar-refractivity contribution in [2.24, 2.45) is 0 Å². The van der Waals surface area contributed by atoms with Crippen molar-refractivity contribution < 1.29 is 36.3 Å². The van der Waals surface area contributed by atoms with Crippen LogP contribution in [0.4, 0.5) is 8.78 Å². The van der Waals surface area contributed by atoms with Gasteiger partial charge in [-0.05, 0) is 29.7 Å². The third-order valence-electron chi connectivity index (χ3n) is 6.54. The van der Waals surface area contributed by atoms with Gasteiger partial charge in [0.05, 0.1) is 18.9 Å². The van der Waals surface area contributed by atoms with Gasteiger partial charge in [0.2, 0.25) is 5.91 Å².